The first-order chi connectivity index (χ1) is 15.3. The molecule has 8 heteroatoms. The molecule has 1 amide bonds. The van der Waals surface area contributed by atoms with Crippen LogP contribution < -0.4 is 9.62 Å². The van der Waals surface area contributed by atoms with Crippen LogP contribution in [0.2, 0.25) is 10.0 Å². The Kier molecular flexibility index (Phi) is 6.03. The van der Waals surface area contributed by atoms with Gasteiger partial charge in [0, 0.05) is 33.4 Å². The molecule has 5 nitrogen and oxygen atoms in total. The van der Waals surface area contributed by atoms with Crippen molar-refractivity contribution >= 4 is 56.1 Å². The van der Waals surface area contributed by atoms with Gasteiger partial charge in [0.25, 0.3) is 15.9 Å². The lowest BCUT2D eigenvalue weighted by atomic mass is 9.95. The number of hydrogen-bond acceptors (Lipinski definition) is 3. The lowest BCUT2D eigenvalue weighted by Crippen LogP contribution is -2.39. The highest BCUT2D eigenvalue weighted by Gasteiger charge is 2.41. The highest BCUT2D eigenvalue weighted by atomic mass is 35.5. The lowest BCUT2D eigenvalue weighted by molar-refractivity contribution is -0.112. The van der Waals surface area contributed by atoms with Crippen molar-refractivity contribution in [2.45, 2.75) is 13.8 Å². The Balaban J connectivity index is 2.01. The number of halogens is 2. The van der Waals surface area contributed by atoms with E-state index in [0.717, 1.165) is 0 Å². The van der Waals surface area contributed by atoms with E-state index in [1.165, 1.54) is 4.31 Å². The van der Waals surface area contributed by atoms with E-state index in [-0.39, 0.29) is 11.4 Å². The van der Waals surface area contributed by atoms with Gasteiger partial charge in [-0.05, 0) is 55.3 Å². The molecule has 1 heterocycles. The third kappa shape index (κ3) is 3.79. The first-order valence-electron chi connectivity index (χ1n) is 9.94. The van der Waals surface area contributed by atoms with Crippen molar-refractivity contribution in [3.05, 3.63) is 98.4 Å². The van der Waals surface area contributed by atoms with Crippen LogP contribution in [0.15, 0.2) is 71.6 Å². The number of benzene rings is 3. The third-order valence-electron chi connectivity index (χ3n) is 5.34. The normalized spacial score (nSPS) is 14.8. The molecule has 1 aliphatic heterocycles. The summed E-state index contributed by atoms with van der Waals surface area (Å²) in [6.45, 7) is 3.64. The molecule has 3 aromatic rings. The number of anilines is 2. The fourth-order valence-electron chi connectivity index (χ4n) is 3.80. The smallest absolute Gasteiger partial charge is 0.270 e. The Bertz CT molecular complexity index is 1350. The van der Waals surface area contributed by atoms with Crippen LogP contribution in [-0.2, 0) is 14.8 Å². The zero-order chi connectivity index (χ0) is 23.0. The van der Waals surface area contributed by atoms with Crippen LogP contribution >= 0.6 is 23.2 Å². The second-order valence-electron chi connectivity index (χ2n) is 7.27. The summed E-state index contributed by atoms with van der Waals surface area (Å²) in [6, 6.07) is 19.0. The number of amides is 1. The van der Waals surface area contributed by atoms with E-state index in [0.29, 0.717) is 43.7 Å². The summed E-state index contributed by atoms with van der Waals surface area (Å²) in [4.78, 5) is 13.2. The summed E-state index contributed by atoms with van der Waals surface area (Å²) in [7, 11) is -4.16. The average Bonchev–Trinajstić information content (AvgIpc) is 2.76. The van der Waals surface area contributed by atoms with Gasteiger partial charge in [0.15, 0.2) is 4.91 Å². The van der Waals surface area contributed by atoms with Crippen molar-refractivity contribution in [3.63, 3.8) is 0 Å². The summed E-state index contributed by atoms with van der Waals surface area (Å²) in [5.41, 5.74) is 3.05. The Morgan fingerprint density at radius 2 is 1.72 bits per heavy atom. The molecule has 0 spiro atoms. The van der Waals surface area contributed by atoms with Crippen LogP contribution in [0.1, 0.15) is 23.6 Å². The van der Waals surface area contributed by atoms with Crippen molar-refractivity contribution in [3.8, 4) is 0 Å². The zero-order valence-electron chi connectivity index (χ0n) is 17.4. The van der Waals surface area contributed by atoms with Crippen molar-refractivity contribution in [2.24, 2.45) is 0 Å². The van der Waals surface area contributed by atoms with E-state index < -0.39 is 15.9 Å². The van der Waals surface area contributed by atoms with Gasteiger partial charge in [-0.2, -0.15) is 0 Å². The monoisotopic (exact) mass is 486 g/mol. The highest BCUT2D eigenvalue weighted by Crippen LogP contribution is 2.44. The number of sulfonamides is 1. The molecule has 32 heavy (non-hydrogen) atoms. The topological polar surface area (TPSA) is 66.5 Å². The summed E-state index contributed by atoms with van der Waals surface area (Å²) >= 11 is 12.5. The Labute approximate surface area is 197 Å². The largest absolute Gasteiger partial charge is 0.321 e. The zero-order valence-corrected chi connectivity index (χ0v) is 19.7. The van der Waals surface area contributed by atoms with Gasteiger partial charge in [-0.25, -0.2) is 8.42 Å². The highest BCUT2D eigenvalue weighted by molar-refractivity contribution is 7.97. The van der Waals surface area contributed by atoms with E-state index in [9.17, 15) is 13.2 Å². The van der Waals surface area contributed by atoms with Gasteiger partial charge in [0.1, 0.15) is 0 Å². The molecular weight excluding hydrogens is 467 g/mol. The second kappa shape index (κ2) is 8.62. The molecule has 0 bridgehead atoms. The van der Waals surface area contributed by atoms with Gasteiger partial charge in [-0.1, -0.05) is 59.6 Å². The van der Waals surface area contributed by atoms with Crippen molar-refractivity contribution in [1.82, 2.24) is 0 Å². The van der Waals surface area contributed by atoms with Crippen LogP contribution in [-0.4, -0.2) is 20.9 Å². The number of rotatable bonds is 4. The van der Waals surface area contributed by atoms with Crippen molar-refractivity contribution in [2.75, 3.05) is 16.2 Å². The fraction of sp³-hybridized carbons (Fsp3) is 0.125. The Morgan fingerprint density at radius 1 is 1.00 bits per heavy atom. The van der Waals surface area contributed by atoms with Crippen LogP contribution in [0.5, 0.6) is 0 Å². The van der Waals surface area contributed by atoms with E-state index in [1.807, 2.05) is 6.07 Å². The summed E-state index contributed by atoms with van der Waals surface area (Å²) < 4.78 is 28.6. The molecule has 1 N–H and O–H groups in total. The minimum absolute atomic E-state index is 0.159. The van der Waals surface area contributed by atoms with Gasteiger partial charge >= 0.3 is 0 Å². The van der Waals surface area contributed by atoms with E-state index >= 15 is 0 Å². The van der Waals surface area contributed by atoms with Gasteiger partial charge in [-0.15, -0.1) is 0 Å². The minimum atomic E-state index is -4.16. The van der Waals surface area contributed by atoms with Crippen LogP contribution in [0.25, 0.3) is 5.57 Å². The van der Waals surface area contributed by atoms with Gasteiger partial charge in [0.05, 0.1) is 5.69 Å². The summed E-state index contributed by atoms with van der Waals surface area (Å²) in [5.74, 6) is -0.738. The molecule has 4 rings (SSSR count). The summed E-state index contributed by atoms with van der Waals surface area (Å²) in [5, 5.41) is 3.66. The number of carbonyl (C=O) groups is 1. The molecule has 1 aliphatic rings. The van der Waals surface area contributed by atoms with E-state index in [2.05, 4.69) is 5.32 Å². The maximum absolute atomic E-state index is 13.7. The molecule has 0 unspecified atom stereocenters. The number of hydrogen-bond donors (Lipinski definition) is 1. The van der Waals surface area contributed by atoms with Crippen molar-refractivity contribution < 1.29 is 13.2 Å². The number of carbonyl (C=O) groups excluding carboxylic acids is 1. The molecule has 164 valence electrons. The Morgan fingerprint density at radius 3 is 2.41 bits per heavy atom. The molecule has 3 aromatic carbocycles. The molecule has 0 radical (unpaired) electrons. The molecule has 0 fully saturated rings. The van der Waals surface area contributed by atoms with E-state index in [1.54, 1.807) is 74.5 Å². The summed E-state index contributed by atoms with van der Waals surface area (Å²) in [6.07, 6.45) is 0. The number of nitrogens with zero attached hydrogens (tertiary/aromatic N) is 1. The maximum Gasteiger partial charge on any atom is 0.270 e. The van der Waals surface area contributed by atoms with Gasteiger partial charge < -0.3 is 5.32 Å². The molecular formula is C24H20Cl2N2O3S. The molecule has 0 saturated heterocycles. The predicted octanol–water partition coefficient (Wildman–Crippen LogP) is 5.87. The van der Waals surface area contributed by atoms with Gasteiger partial charge in [-0.3, -0.25) is 9.10 Å². The lowest BCUT2D eigenvalue weighted by Gasteiger charge is -2.33. The quantitative estimate of drug-likeness (QED) is 0.501. The van der Waals surface area contributed by atoms with Crippen LogP contribution in [0.3, 0.4) is 0 Å². The van der Waals surface area contributed by atoms with Gasteiger partial charge in [0.2, 0.25) is 0 Å². The Hall–Kier alpha value is -2.80. The minimum Gasteiger partial charge on any atom is -0.321 e. The van der Waals surface area contributed by atoms with Crippen LogP contribution in [0.4, 0.5) is 11.4 Å². The molecule has 0 saturated carbocycles. The molecule has 0 aliphatic carbocycles. The maximum atomic E-state index is 13.7. The standard InChI is InChI=1S/C24H20Cl2N2O3S/c1-3-28-21-13-12-17(25)14-18(21)22(16-8-5-4-6-9-16)23(32(28,30)31)24(29)27-20-11-7-10-19(26)15(20)2/h4-14H,3H2,1-2H3,(H,27,29). The fourth-order valence-corrected chi connectivity index (χ4v) is 5.90. The molecule has 0 aromatic heterocycles. The first-order valence-corrected chi connectivity index (χ1v) is 12.1. The predicted molar refractivity (Wildman–Crippen MR) is 131 cm³/mol. The number of nitrogens with one attached hydrogen (secondary N) is 1. The molecule has 0 atom stereocenters. The SMILES string of the molecule is CCN1c2ccc(Cl)cc2C(c2ccccc2)=C(C(=O)Nc2cccc(Cl)c2C)S1(=O)=O. The number of fused-ring (bicyclic) bond motifs is 1. The second-order valence-corrected chi connectivity index (χ2v) is 9.91. The van der Waals surface area contributed by atoms with E-state index in [4.69, 9.17) is 23.2 Å². The van der Waals surface area contributed by atoms with Crippen LogP contribution in [0, 0.1) is 6.92 Å². The first kappa shape index (κ1) is 22.4. The van der Waals surface area contributed by atoms with Crippen molar-refractivity contribution in [1.29, 1.82) is 0 Å². The average molecular weight is 487 g/mol. The third-order valence-corrected chi connectivity index (χ3v) is 7.93.